The molecule has 2 rings (SSSR count). The maximum Gasteiger partial charge on any atom is 0.308 e. The van der Waals surface area contributed by atoms with E-state index in [2.05, 4.69) is 5.32 Å². The molecule has 1 saturated carbocycles. The second-order valence-corrected chi connectivity index (χ2v) is 5.08. The molecule has 1 aliphatic heterocycles. The maximum atomic E-state index is 11.4. The van der Waals surface area contributed by atoms with E-state index in [1.807, 2.05) is 0 Å². The highest BCUT2D eigenvalue weighted by atomic mass is 16.5. The van der Waals surface area contributed by atoms with Gasteiger partial charge in [-0.25, -0.2) is 0 Å². The zero-order valence-electron chi connectivity index (χ0n) is 10.6. The third-order valence-corrected chi connectivity index (χ3v) is 3.88. The van der Waals surface area contributed by atoms with Gasteiger partial charge in [0.25, 0.3) is 0 Å². The number of rotatable bonds is 3. The molecule has 0 aromatic rings. The first-order valence-corrected chi connectivity index (χ1v) is 6.73. The molecule has 2 fully saturated rings. The van der Waals surface area contributed by atoms with Crippen molar-refractivity contribution in [2.24, 2.45) is 5.92 Å². The minimum absolute atomic E-state index is 0.0506. The van der Waals surface area contributed by atoms with Crippen molar-refractivity contribution in [1.82, 2.24) is 5.32 Å². The van der Waals surface area contributed by atoms with Gasteiger partial charge in [0.1, 0.15) is 0 Å². The van der Waals surface area contributed by atoms with Gasteiger partial charge in [-0.1, -0.05) is 0 Å². The van der Waals surface area contributed by atoms with Gasteiger partial charge >= 0.3 is 5.97 Å². The van der Waals surface area contributed by atoms with Crippen molar-refractivity contribution in [2.75, 3.05) is 20.2 Å². The van der Waals surface area contributed by atoms with E-state index in [1.54, 1.807) is 0 Å². The molecule has 0 aromatic heterocycles. The van der Waals surface area contributed by atoms with Crippen molar-refractivity contribution >= 4 is 5.97 Å². The highest BCUT2D eigenvalue weighted by molar-refractivity contribution is 5.72. The predicted molar refractivity (Wildman–Crippen MR) is 64.7 cm³/mol. The zero-order valence-corrected chi connectivity index (χ0v) is 10.6. The molecule has 0 amide bonds. The van der Waals surface area contributed by atoms with Crippen LogP contribution < -0.4 is 5.32 Å². The Morgan fingerprint density at radius 3 is 2.18 bits per heavy atom. The van der Waals surface area contributed by atoms with Gasteiger partial charge in [0.15, 0.2) is 0 Å². The van der Waals surface area contributed by atoms with Crippen LogP contribution in [0.2, 0.25) is 0 Å². The van der Waals surface area contributed by atoms with Gasteiger partial charge in [-0.05, 0) is 51.6 Å². The van der Waals surface area contributed by atoms with Crippen LogP contribution in [-0.4, -0.2) is 38.4 Å². The molecule has 0 unspecified atom stereocenters. The van der Waals surface area contributed by atoms with Crippen LogP contribution in [0.4, 0.5) is 0 Å². The lowest BCUT2D eigenvalue weighted by Gasteiger charge is -2.32. The lowest BCUT2D eigenvalue weighted by Crippen LogP contribution is -2.36. The van der Waals surface area contributed by atoms with Crippen LogP contribution in [0.5, 0.6) is 0 Å². The number of nitrogens with one attached hydrogen (secondary N) is 1. The van der Waals surface area contributed by atoms with E-state index < -0.39 is 0 Å². The van der Waals surface area contributed by atoms with Gasteiger partial charge in [-0.15, -0.1) is 0 Å². The van der Waals surface area contributed by atoms with Gasteiger partial charge < -0.3 is 14.8 Å². The lowest BCUT2D eigenvalue weighted by atomic mass is 9.87. The van der Waals surface area contributed by atoms with Crippen molar-refractivity contribution in [3.8, 4) is 0 Å². The smallest absolute Gasteiger partial charge is 0.308 e. The van der Waals surface area contributed by atoms with Gasteiger partial charge in [0.2, 0.25) is 0 Å². The minimum Gasteiger partial charge on any atom is -0.469 e. The Balaban J connectivity index is 1.69. The highest BCUT2D eigenvalue weighted by Gasteiger charge is 2.28. The summed E-state index contributed by atoms with van der Waals surface area (Å²) in [4.78, 5) is 11.4. The molecular formula is C13H23NO3. The molecule has 0 spiro atoms. The van der Waals surface area contributed by atoms with Crippen LogP contribution >= 0.6 is 0 Å². The third kappa shape index (κ3) is 3.68. The van der Waals surface area contributed by atoms with E-state index in [4.69, 9.17) is 9.47 Å². The number of piperidine rings is 1. The molecule has 4 heteroatoms. The molecule has 17 heavy (non-hydrogen) atoms. The average molecular weight is 241 g/mol. The van der Waals surface area contributed by atoms with E-state index in [-0.39, 0.29) is 11.9 Å². The van der Waals surface area contributed by atoms with Crippen LogP contribution in [0, 0.1) is 5.92 Å². The predicted octanol–water partition coefficient (Wildman–Crippen LogP) is 1.49. The molecule has 98 valence electrons. The fourth-order valence-electron chi connectivity index (χ4n) is 2.80. The molecule has 0 atom stereocenters. The largest absolute Gasteiger partial charge is 0.469 e. The lowest BCUT2D eigenvalue weighted by molar-refractivity contribution is -0.148. The molecule has 1 heterocycles. The summed E-state index contributed by atoms with van der Waals surface area (Å²) >= 11 is 0. The van der Waals surface area contributed by atoms with E-state index in [9.17, 15) is 4.79 Å². The van der Waals surface area contributed by atoms with Crippen LogP contribution in [0.1, 0.15) is 38.5 Å². The molecule has 1 N–H and O–H groups in total. The van der Waals surface area contributed by atoms with Crippen molar-refractivity contribution in [1.29, 1.82) is 0 Å². The summed E-state index contributed by atoms with van der Waals surface area (Å²) in [7, 11) is 1.47. The van der Waals surface area contributed by atoms with E-state index in [0.717, 1.165) is 51.6 Å². The summed E-state index contributed by atoms with van der Waals surface area (Å²) in [5.74, 6) is 0.0539. The van der Waals surface area contributed by atoms with Crippen LogP contribution in [0.15, 0.2) is 0 Å². The van der Waals surface area contributed by atoms with Crippen molar-refractivity contribution < 1.29 is 14.3 Å². The topological polar surface area (TPSA) is 47.6 Å². The quantitative estimate of drug-likeness (QED) is 0.760. The monoisotopic (exact) mass is 241 g/mol. The third-order valence-electron chi connectivity index (χ3n) is 3.88. The van der Waals surface area contributed by atoms with Gasteiger partial charge in [0.05, 0.1) is 25.2 Å². The van der Waals surface area contributed by atoms with Gasteiger partial charge in [-0.3, -0.25) is 4.79 Å². The first kappa shape index (κ1) is 12.8. The summed E-state index contributed by atoms with van der Waals surface area (Å²) < 4.78 is 10.9. The molecule has 0 aromatic carbocycles. The number of hydrogen-bond acceptors (Lipinski definition) is 4. The zero-order chi connectivity index (χ0) is 12.1. The fraction of sp³-hybridized carbons (Fsp3) is 0.923. The standard InChI is InChI=1S/C13H23NO3/c1-16-13(15)10-2-4-11(5-3-10)17-12-6-8-14-9-7-12/h10-12,14H,2-9H2,1H3/t10-,11-. The van der Waals surface area contributed by atoms with Crippen molar-refractivity contribution in [3.05, 3.63) is 0 Å². The van der Waals surface area contributed by atoms with E-state index in [1.165, 1.54) is 7.11 Å². The maximum absolute atomic E-state index is 11.4. The van der Waals surface area contributed by atoms with Crippen molar-refractivity contribution in [2.45, 2.75) is 50.7 Å². The molecule has 0 bridgehead atoms. The molecule has 4 nitrogen and oxygen atoms in total. The molecule has 1 saturated heterocycles. The summed E-state index contributed by atoms with van der Waals surface area (Å²) in [5, 5.41) is 3.34. The fourth-order valence-corrected chi connectivity index (χ4v) is 2.80. The van der Waals surface area contributed by atoms with Gasteiger partial charge in [-0.2, -0.15) is 0 Å². The average Bonchev–Trinajstić information content (AvgIpc) is 2.40. The summed E-state index contributed by atoms with van der Waals surface area (Å²) in [5.41, 5.74) is 0. The summed E-state index contributed by atoms with van der Waals surface area (Å²) in [6, 6.07) is 0. The summed E-state index contributed by atoms with van der Waals surface area (Å²) in [6.45, 7) is 2.14. The Morgan fingerprint density at radius 1 is 1.00 bits per heavy atom. The summed E-state index contributed by atoms with van der Waals surface area (Å²) in [6.07, 6.45) is 6.88. The second-order valence-electron chi connectivity index (χ2n) is 5.08. The molecular weight excluding hydrogens is 218 g/mol. The Kier molecular flexibility index (Phi) is 4.80. The normalized spacial score (nSPS) is 31.1. The van der Waals surface area contributed by atoms with E-state index >= 15 is 0 Å². The number of carbonyl (C=O) groups is 1. The molecule has 2 aliphatic rings. The molecule has 1 aliphatic carbocycles. The Labute approximate surface area is 103 Å². The molecule has 0 radical (unpaired) electrons. The SMILES string of the molecule is COC(=O)[C@H]1CC[C@H](OC2CCNCC2)CC1. The Morgan fingerprint density at radius 2 is 1.59 bits per heavy atom. The second kappa shape index (κ2) is 6.36. The first-order valence-electron chi connectivity index (χ1n) is 6.73. The number of ether oxygens (including phenoxy) is 2. The van der Waals surface area contributed by atoms with Crippen LogP contribution in [0.25, 0.3) is 0 Å². The van der Waals surface area contributed by atoms with Crippen LogP contribution in [0.3, 0.4) is 0 Å². The Hall–Kier alpha value is -0.610. The highest BCUT2D eigenvalue weighted by Crippen LogP contribution is 2.28. The van der Waals surface area contributed by atoms with E-state index in [0.29, 0.717) is 12.2 Å². The number of carbonyl (C=O) groups excluding carboxylic acids is 1. The van der Waals surface area contributed by atoms with Crippen molar-refractivity contribution in [3.63, 3.8) is 0 Å². The van der Waals surface area contributed by atoms with Crippen LogP contribution in [-0.2, 0) is 14.3 Å². The number of methoxy groups -OCH3 is 1. The Bertz CT molecular complexity index is 243. The minimum atomic E-state index is -0.0506. The number of hydrogen-bond donors (Lipinski definition) is 1. The first-order chi connectivity index (χ1) is 8.29. The number of esters is 1. The van der Waals surface area contributed by atoms with Gasteiger partial charge in [0, 0.05) is 0 Å².